The Hall–Kier alpha value is -0.967. The summed E-state index contributed by atoms with van der Waals surface area (Å²) in [5, 5.41) is 0. The van der Waals surface area contributed by atoms with Crippen molar-refractivity contribution in [3.8, 4) is 5.75 Å². The summed E-state index contributed by atoms with van der Waals surface area (Å²) in [5.41, 5.74) is 1.42. The Labute approximate surface area is 92.0 Å². The third kappa shape index (κ3) is 2.29. The fourth-order valence-electron chi connectivity index (χ4n) is 1.20. The zero-order valence-electron chi connectivity index (χ0n) is 8.16. The van der Waals surface area contributed by atoms with Crippen molar-refractivity contribution in [2.24, 2.45) is 0 Å². The average molecular weight is 252 g/mol. The van der Waals surface area contributed by atoms with Crippen molar-refractivity contribution in [1.29, 1.82) is 0 Å². The molecule has 0 aromatic heterocycles. The molecule has 0 bridgehead atoms. The first kappa shape index (κ1) is 11.1. The maximum atomic E-state index is 11.4. The maximum absolute atomic E-state index is 11.4. The quantitative estimate of drug-likeness (QED) is 0.767. The first-order valence-corrected chi connectivity index (χ1v) is 5.16. The van der Waals surface area contributed by atoms with E-state index in [1.54, 1.807) is 6.07 Å². The predicted molar refractivity (Wildman–Crippen MR) is 53.5 cm³/mol. The van der Waals surface area contributed by atoms with Crippen LogP contribution in [0.25, 0.3) is 0 Å². The van der Waals surface area contributed by atoms with Crippen LogP contribution in [0.2, 0.25) is 0 Å². The van der Waals surface area contributed by atoms with Crippen molar-refractivity contribution in [3.05, 3.63) is 29.3 Å². The van der Waals surface area contributed by atoms with E-state index in [9.17, 15) is 4.79 Å². The molecule has 1 aromatic carbocycles. The van der Waals surface area contributed by atoms with E-state index in [1.165, 1.54) is 16.9 Å². The predicted octanol–water partition coefficient (Wildman–Crippen LogP) is 1.63. The standard InChI is InChI=1S/C10H11GeO3/c1-3-13-9-7(2)5-4-6-8(9)10(12)14-11/h4-6H,3H2,1-2H3. The molecule has 0 aliphatic rings. The average Bonchev–Trinajstić information content (AvgIpc) is 2.20. The molecular weight excluding hydrogens is 241 g/mol. The zero-order valence-corrected chi connectivity index (χ0v) is 10.3. The van der Waals surface area contributed by atoms with Gasteiger partial charge in [0.25, 0.3) is 0 Å². The van der Waals surface area contributed by atoms with Gasteiger partial charge in [-0.25, -0.2) is 0 Å². The van der Waals surface area contributed by atoms with Crippen molar-refractivity contribution in [2.45, 2.75) is 13.8 Å². The number of carbonyl (C=O) groups excluding carboxylic acids is 1. The number of benzene rings is 1. The third-order valence-corrected chi connectivity index (χ3v) is 2.20. The van der Waals surface area contributed by atoms with Crippen LogP contribution >= 0.6 is 0 Å². The topological polar surface area (TPSA) is 35.5 Å². The van der Waals surface area contributed by atoms with Crippen molar-refractivity contribution in [2.75, 3.05) is 6.61 Å². The molecule has 14 heavy (non-hydrogen) atoms. The van der Waals surface area contributed by atoms with Gasteiger partial charge in [-0.3, -0.25) is 0 Å². The van der Waals surface area contributed by atoms with E-state index >= 15 is 0 Å². The van der Waals surface area contributed by atoms with Gasteiger partial charge >= 0.3 is 91.6 Å². The molecule has 3 nitrogen and oxygen atoms in total. The van der Waals surface area contributed by atoms with Gasteiger partial charge in [-0.15, -0.1) is 0 Å². The SMILES string of the molecule is CCOc1c(C)cccc1C(=O)[O][Ge]. The second kappa shape index (κ2) is 5.05. The molecule has 0 saturated carbocycles. The Kier molecular flexibility index (Phi) is 4.01. The van der Waals surface area contributed by atoms with Gasteiger partial charge in [0.05, 0.1) is 0 Å². The van der Waals surface area contributed by atoms with Crippen molar-refractivity contribution in [3.63, 3.8) is 0 Å². The van der Waals surface area contributed by atoms with Crippen LogP contribution in [0.4, 0.5) is 0 Å². The monoisotopic (exact) mass is 253 g/mol. The molecule has 3 radical (unpaired) electrons. The number of para-hydroxylation sites is 1. The number of hydrogen-bond donors (Lipinski definition) is 0. The summed E-state index contributed by atoms with van der Waals surface area (Å²) in [6, 6.07) is 5.41. The normalized spacial score (nSPS) is 9.64. The summed E-state index contributed by atoms with van der Waals surface area (Å²) in [6.45, 7) is 4.32. The molecule has 1 rings (SSSR count). The Morgan fingerprint density at radius 1 is 1.50 bits per heavy atom. The molecule has 0 heterocycles. The molecule has 0 spiro atoms. The van der Waals surface area contributed by atoms with Crippen LogP contribution in [-0.2, 0) is 3.76 Å². The Morgan fingerprint density at radius 2 is 2.21 bits per heavy atom. The fourth-order valence-corrected chi connectivity index (χ4v) is 1.43. The molecule has 0 unspecified atom stereocenters. The summed E-state index contributed by atoms with van der Waals surface area (Å²) in [4.78, 5) is 11.4. The molecule has 73 valence electrons. The Balaban J connectivity index is 3.13. The van der Waals surface area contributed by atoms with Crippen LogP contribution in [-0.4, -0.2) is 29.4 Å². The van der Waals surface area contributed by atoms with Gasteiger partial charge in [0.1, 0.15) is 0 Å². The Morgan fingerprint density at radius 3 is 2.79 bits per heavy atom. The van der Waals surface area contributed by atoms with Crippen molar-refractivity contribution >= 4 is 22.8 Å². The summed E-state index contributed by atoms with van der Waals surface area (Å²) < 4.78 is 10.0. The summed E-state index contributed by atoms with van der Waals surface area (Å²) in [5.74, 6) is 0.249. The number of rotatable bonds is 3. The van der Waals surface area contributed by atoms with E-state index < -0.39 is 0 Å². The summed E-state index contributed by atoms with van der Waals surface area (Å²) in [6.07, 6.45) is 0. The summed E-state index contributed by atoms with van der Waals surface area (Å²) >= 11 is 1.36. The second-order valence-corrected chi connectivity index (χ2v) is 3.20. The number of ether oxygens (including phenoxy) is 1. The molecule has 0 aliphatic carbocycles. The van der Waals surface area contributed by atoms with E-state index in [4.69, 9.17) is 4.74 Å². The van der Waals surface area contributed by atoms with Crippen LogP contribution in [0.5, 0.6) is 5.75 Å². The number of aryl methyl sites for hydroxylation is 1. The Bertz CT molecular complexity index is 336. The second-order valence-electron chi connectivity index (χ2n) is 2.77. The molecule has 0 amide bonds. The molecule has 0 fully saturated rings. The van der Waals surface area contributed by atoms with E-state index in [2.05, 4.69) is 3.76 Å². The molecule has 1 aromatic rings. The van der Waals surface area contributed by atoms with Crippen LogP contribution in [0.3, 0.4) is 0 Å². The molecule has 0 saturated heterocycles. The number of carbonyl (C=O) groups is 1. The molecule has 0 atom stereocenters. The van der Waals surface area contributed by atoms with Gasteiger partial charge in [-0.05, 0) is 0 Å². The van der Waals surface area contributed by atoms with Crippen LogP contribution in [0.1, 0.15) is 22.8 Å². The van der Waals surface area contributed by atoms with Crippen LogP contribution < -0.4 is 4.74 Å². The molecule has 0 aliphatic heterocycles. The molecule has 4 heteroatoms. The molecule has 0 N–H and O–H groups in total. The van der Waals surface area contributed by atoms with E-state index in [1.807, 2.05) is 26.0 Å². The van der Waals surface area contributed by atoms with Crippen LogP contribution in [0.15, 0.2) is 18.2 Å². The van der Waals surface area contributed by atoms with Gasteiger partial charge in [-0.1, -0.05) is 0 Å². The first-order valence-electron chi connectivity index (χ1n) is 4.31. The van der Waals surface area contributed by atoms with Gasteiger partial charge in [0.2, 0.25) is 0 Å². The third-order valence-electron chi connectivity index (χ3n) is 1.81. The van der Waals surface area contributed by atoms with E-state index in [0.717, 1.165) is 5.56 Å². The van der Waals surface area contributed by atoms with Crippen LogP contribution in [0, 0.1) is 6.92 Å². The van der Waals surface area contributed by atoms with Crippen molar-refractivity contribution < 1.29 is 13.3 Å². The van der Waals surface area contributed by atoms with Gasteiger partial charge in [-0.2, -0.15) is 0 Å². The van der Waals surface area contributed by atoms with Crippen molar-refractivity contribution in [1.82, 2.24) is 0 Å². The van der Waals surface area contributed by atoms with Gasteiger partial charge in [0, 0.05) is 0 Å². The molecular formula is C10H11GeO3. The first-order chi connectivity index (χ1) is 6.70. The van der Waals surface area contributed by atoms with E-state index in [0.29, 0.717) is 17.9 Å². The fraction of sp³-hybridized carbons (Fsp3) is 0.300. The minimum absolute atomic E-state index is 0.364. The zero-order chi connectivity index (χ0) is 10.6. The van der Waals surface area contributed by atoms with Gasteiger partial charge in [0.15, 0.2) is 0 Å². The number of hydrogen-bond acceptors (Lipinski definition) is 3. The summed E-state index contributed by atoms with van der Waals surface area (Å²) in [7, 11) is 0. The van der Waals surface area contributed by atoms with E-state index in [-0.39, 0.29) is 5.97 Å². The minimum atomic E-state index is -0.364. The van der Waals surface area contributed by atoms with Gasteiger partial charge < -0.3 is 0 Å².